The first-order valence-electron chi connectivity index (χ1n) is 5.39. The van der Waals surface area contributed by atoms with Crippen molar-refractivity contribution >= 4 is 11.5 Å². The van der Waals surface area contributed by atoms with Gasteiger partial charge in [0.05, 0.1) is 18.1 Å². The maximum atomic E-state index is 11.7. The smallest absolute Gasteiger partial charge is 0.269 e. The van der Waals surface area contributed by atoms with Crippen LogP contribution in [0.5, 0.6) is 0 Å². The molecule has 94 valence electrons. The van der Waals surface area contributed by atoms with Crippen molar-refractivity contribution in [2.75, 3.05) is 19.0 Å². The molecule has 0 aromatic carbocycles. The van der Waals surface area contributed by atoms with Crippen LogP contribution in [0.15, 0.2) is 39.9 Å². The Labute approximate surface area is 103 Å². The van der Waals surface area contributed by atoms with Crippen LogP contribution in [0, 0.1) is 0 Å². The largest absolute Gasteiger partial charge is 0.461 e. The van der Waals surface area contributed by atoms with Gasteiger partial charge in [0, 0.05) is 20.2 Å². The topological polar surface area (TPSA) is 68.3 Å². The lowest BCUT2D eigenvalue weighted by Crippen LogP contribution is -2.27. The molecule has 0 saturated heterocycles. The summed E-state index contributed by atoms with van der Waals surface area (Å²) in [6.45, 7) is -0.125. The summed E-state index contributed by atoms with van der Waals surface area (Å²) in [4.78, 5) is 25.3. The van der Waals surface area contributed by atoms with E-state index in [1.54, 1.807) is 17.0 Å². The molecule has 6 heteroatoms. The predicted molar refractivity (Wildman–Crippen MR) is 65.9 cm³/mol. The van der Waals surface area contributed by atoms with Gasteiger partial charge in [-0.3, -0.25) is 9.59 Å². The number of aromatic nitrogens is 2. The standard InChI is InChI=1S/C12H13N3O3/c1-14(2)9-6-12(17)15(13-7-9)8-10(16)11-4-3-5-18-11/h3-7H,8H2,1-2H3. The van der Waals surface area contributed by atoms with Crippen LogP contribution >= 0.6 is 0 Å². The number of carbonyl (C=O) groups is 1. The zero-order valence-corrected chi connectivity index (χ0v) is 10.2. The molecule has 0 radical (unpaired) electrons. The molecule has 0 aliphatic heterocycles. The number of ketones is 1. The molecule has 2 aromatic heterocycles. The molecular weight excluding hydrogens is 234 g/mol. The van der Waals surface area contributed by atoms with Gasteiger partial charge in [0.15, 0.2) is 5.76 Å². The maximum Gasteiger partial charge on any atom is 0.269 e. The number of Topliss-reactive ketones (excluding diaryl/α,β-unsaturated/α-hetero) is 1. The van der Waals surface area contributed by atoms with Gasteiger partial charge in [-0.2, -0.15) is 5.10 Å². The highest BCUT2D eigenvalue weighted by atomic mass is 16.3. The van der Waals surface area contributed by atoms with Crippen molar-refractivity contribution < 1.29 is 9.21 Å². The van der Waals surface area contributed by atoms with Gasteiger partial charge in [0.25, 0.3) is 5.56 Å². The second-order valence-corrected chi connectivity index (χ2v) is 4.00. The highest BCUT2D eigenvalue weighted by Crippen LogP contribution is 2.05. The van der Waals surface area contributed by atoms with Gasteiger partial charge < -0.3 is 9.32 Å². The number of anilines is 1. The SMILES string of the molecule is CN(C)c1cnn(CC(=O)c2ccco2)c(=O)c1. The fourth-order valence-corrected chi connectivity index (χ4v) is 1.44. The zero-order valence-electron chi connectivity index (χ0n) is 10.2. The van der Waals surface area contributed by atoms with Gasteiger partial charge in [-0.15, -0.1) is 0 Å². The van der Waals surface area contributed by atoms with E-state index in [1.807, 2.05) is 14.1 Å². The lowest BCUT2D eigenvalue weighted by molar-refractivity contribution is 0.0938. The Morgan fingerprint density at radius 3 is 2.83 bits per heavy atom. The molecule has 0 atom stereocenters. The van der Waals surface area contributed by atoms with E-state index in [2.05, 4.69) is 5.10 Å². The van der Waals surface area contributed by atoms with Crippen molar-refractivity contribution in [2.45, 2.75) is 6.54 Å². The van der Waals surface area contributed by atoms with E-state index in [0.717, 1.165) is 4.68 Å². The molecule has 0 aliphatic carbocycles. The van der Waals surface area contributed by atoms with Crippen molar-refractivity contribution in [1.82, 2.24) is 9.78 Å². The predicted octanol–water partition coefficient (Wildman–Crippen LogP) is 0.785. The lowest BCUT2D eigenvalue weighted by Gasteiger charge is -2.11. The highest BCUT2D eigenvalue weighted by Gasteiger charge is 2.11. The number of hydrogen-bond donors (Lipinski definition) is 0. The Hall–Kier alpha value is -2.37. The van der Waals surface area contributed by atoms with Crippen LogP contribution in [0.2, 0.25) is 0 Å². The van der Waals surface area contributed by atoms with E-state index in [0.29, 0.717) is 5.69 Å². The van der Waals surface area contributed by atoms with Gasteiger partial charge in [-0.05, 0) is 12.1 Å². The molecular formula is C12H13N3O3. The average Bonchev–Trinajstić information content (AvgIpc) is 2.85. The first-order valence-corrected chi connectivity index (χ1v) is 5.39. The quantitative estimate of drug-likeness (QED) is 0.747. The van der Waals surface area contributed by atoms with Crippen molar-refractivity contribution in [3.8, 4) is 0 Å². The van der Waals surface area contributed by atoms with Gasteiger partial charge >= 0.3 is 0 Å². The van der Waals surface area contributed by atoms with Crippen molar-refractivity contribution in [3.63, 3.8) is 0 Å². The Morgan fingerprint density at radius 2 is 2.28 bits per heavy atom. The summed E-state index contributed by atoms with van der Waals surface area (Å²) < 4.78 is 6.08. The van der Waals surface area contributed by atoms with Crippen LogP contribution in [0.4, 0.5) is 5.69 Å². The number of hydrogen-bond acceptors (Lipinski definition) is 5. The summed E-state index contributed by atoms with van der Waals surface area (Å²) in [5.74, 6) is -0.0624. The van der Waals surface area contributed by atoms with E-state index in [9.17, 15) is 9.59 Å². The van der Waals surface area contributed by atoms with E-state index in [1.165, 1.54) is 18.5 Å². The highest BCUT2D eigenvalue weighted by molar-refractivity contribution is 5.93. The average molecular weight is 247 g/mol. The summed E-state index contributed by atoms with van der Waals surface area (Å²) in [7, 11) is 3.63. The summed E-state index contributed by atoms with van der Waals surface area (Å²) in [5, 5.41) is 3.95. The number of carbonyl (C=O) groups excluding carboxylic acids is 1. The fraction of sp³-hybridized carbons (Fsp3) is 0.250. The van der Waals surface area contributed by atoms with Gasteiger partial charge in [0.2, 0.25) is 5.78 Å². The van der Waals surface area contributed by atoms with Crippen LogP contribution in [-0.4, -0.2) is 29.7 Å². The fourth-order valence-electron chi connectivity index (χ4n) is 1.44. The molecule has 2 heterocycles. The molecule has 0 amide bonds. The molecule has 0 saturated carbocycles. The lowest BCUT2D eigenvalue weighted by atomic mass is 10.3. The molecule has 6 nitrogen and oxygen atoms in total. The van der Waals surface area contributed by atoms with Crippen LogP contribution in [0.1, 0.15) is 10.6 Å². The minimum atomic E-state index is -0.318. The Kier molecular flexibility index (Phi) is 3.27. The van der Waals surface area contributed by atoms with Gasteiger partial charge in [0.1, 0.15) is 6.54 Å². The van der Waals surface area contributed by atoms with Crippen LogP contribution in [0.3, 0.4) is 0 Å². The van der Waals surface area contributed by atoms with E-state index < -0.39 is 0 Å². The Balaban J connectivity index is 2.20. The molecule has 0 aliphatic rings. The molecule has 0 unspecified atom stereocenters. The van der Waals surface area contributed by atoms with Crippen molar-refractivity contribution in [2.24, 2.45) is 0 Å². The normalized spacial score (nSPS) is 10.3. The third-order valence-corrected chi connectivity index (χ3v) is 2.46. The number of rotatable bonds is 4. The molecule has 0 fully saturated rings. The Bertz CT molecular complexity index is 599. The number of furan rings is 1. The number of nitrogens with zero attached hydrogens (tertiary/aromatic N) is 3. The summed E-state index contributed by atoms with van der Waals surface area (Å²) in [6.07, 6.45) is 2.95. The minimum absolute atomic E-state index is 0.125. The van der Waals surface area contributed by atoms with Gasteiger partial charge in [-0.1, -0.05) is 0 Å². The monoisotopic (exact) mass is 247 g/mol. The van der Waals surface area contributed by atoms with Crippen LogP contribution in [0.25, 0.3) is 0 Å². The zero-order chi connectivity index (χ0) is 13.1. The van der Waals surface area contributed by atoms with Crippen molar-refractivity contribution in [1.29, 1.82) is 0 Å². The minimum Gasteiger partial charge on any atom is -0.461 e. The molecule has 0 bridgehead atoms. The molecule has 0 N–H and O–H groups in total. The molecule has 2 aromatic rings. The maximum absolute atomic E-state index is 11.7. The molecule has 2 rings (SSSR count). The Morgan fingerprint density at radius 1 is 1.50 bits per heavy atom. The first-order chi connectivity index (χ1) is 8.58. The summed E-state index contributed by atoms with van der Waals surface area (Å²) in [6, 6.07) is 4.61. The summed E-state index contributed by atoms with van der Waals surface area (Å²) >= 11 is 0. The van der Waals surface area contributed by atoms with Crippen LogP contribution < -0.4 is 10.5 Å². The van der Waals surface area contributed by atoms with E-state index >= 15 is 0 Å². The van der Waals surface area contributed by atoms with E-state index in [4.69, 9.17) is 4.42 Å². The van der Waals surface area contributed by atoms with Crippen molar-refractivity contribution in [3.05, 3.63) is 46.8 Å². The third-order valence-electron chi connectivity index (χ3n) is 2.46. The summed E-state index contributed by atoms with van der Waals surface area (Å²) in [5.41, 5.74) is 0.378. The molecule has 18 heavy (non-hydrogen) atoms. The van der Waals surface area contributed by atoms with Crippen LogP contribution in [-0.2, 0) is 6.54 Å². The first kappa shape index (κ1) is 12.1. The second-order valence-electron chi connectivity index (χ2n) is 4.00. The third kappa shape index (κ3) is 2.48. The molecule has 0 spiro atoms. The second kappa shape index (κ2) is 4.87. The van der Waals surface area contributed by atoms with E-state index in [-0.39, 0.29) is 23.6 Å². The van der Waals surface area contributed by atoms with Gasteiger partial charge in [-0.25, -0.2) is 4.68 Å².